The Morgan fingerprint density at radius 1 is 1.17 bits per heavy atom. The Bertz CT molecular complexity index is 239. The number of hydrogen-bond acceptors (Lipinski definition) is 3. The lowest BCUT2D eigenvalue weighted by Gasteiger charge is -2.24. The fraction of sp³-hybridized carbons (Fsp3) is 0.846. The first-order valence-electron chi connectivity index (χ1n) is 6.75. The second-order valence-electron chi connectivity index (χ2n) is 4.31. The zero-order valence-corrected chi connectivity index (χ0v) is 13.1. The Balaban J connectivity index is 3.91. The van der Waals surface area contributed by atoms with E-state index in [1.807, 2.05) is 0 Å². The highest BCUT2D eigenvalue weighted by molar-refractivity contribution is 8.22. The Hall–Kier alpha value is -0.290. The number of thiocarbonyl (C=S) groups is 1. The molecule has 3 nitrogen and oxygen atoms in total. The Kier molecular flexibility index (Phi) is 11.6. The van der Waals surface area contributed by atoms with Gasteiger partial charge in [0, 0.05) is 25.3 Å². The molecule has 106 valence electrons. The fourth-order valence-electron chi connectivity index (χ4n) is 1.47. The van der Waals surface area contributed by atoms with E-state index in [0.29, 0.717) is 6.42 Å². The van der Waals surface area contributed by atoms with Crippen LogP contribution in [0.2, 0.25) is 0 Å². The second kappa shape index (κ2) is 11.8. The van der Waals surface area contributed by atoms with E-state index in [1.165, 1.54) is 25.7 Å². The molecular formula is C13H25NO2S2. The first-order valence-corrected chi connectivity index (χ1v) is 8.14. The van der Waals surface area contributed by atoms with Gasteiger partial charge in [0.15, 0.2) is 0 Å². The third-order valence-electron chi connectivity index (χ3n) is 2.58. The maximum Gasteiger partial charge on any atom is 0.303 e. The van der Waals surface area contributed by atoms with Gasteiger partial charge in [-0.15, -0.1) is 0 Å². The lowest BCUT2D eigenvalue weighted by molar-refractivity contribution is -0.137. The van der Waals surface area contributed by atoms with Crippen molar-refractivity contribution in [2.45, 2.75) is 52.4 Å². The van der Waals surface area contributed by atoms with E-state index in [2.05, 4.69) is 18.7 Å². The fourth-order valence-corrected chi connectivity index (χ4v) is 2.73. The monoisotopic (exact) mass is 291 g/mol. The van der Waals surface area contributed by atoms with Crippen LogP contribution in [0.1, 0.15) is 52.4 Å². The summed E-state index contributed by atoms with van der Waals surface area (Å²) in [6.45, 7) is 6.42. The van der Waals surface area contributed by atoms with E-state index in [1.54, 1.807) is 11.8 Å². The summed E-state index contributed by atoms with van der Waals surface area (Å²) in [5, 5.41) is 8.57. The zero-order chi connectivity index (χ0) is 13.8. The molecule has 0 aliphatic heterocycles. The summed E-state index contributed by atoms with van der Waals surface area (Å²) in [6.07, 6.45) is 5.61. The van der Waals surface area contributed by atoms with Gasteiger partial charge in [-0.05, 0) is 19.3 Å². The molecule has 1 N–H and O–H groups in total. The molecule has 0 atom stereocenters. The van der Waals surface area contributed by atoms with Crippen molar-refractivity contribution in [3.05, 3.63) is 0 Å². The van der Waals surface area contributed by atoms with Gasteiger partial charge in [0.1, 0.15) is 4.32 Å². The predicted octanol–water partition coefficient (Wildman–Crippen LogP) is 3.77. The van der Waals surface area contributed by atoms with Crippen molar-refractivity contribution in [2.24, 2.45) is 0 Å². The summed E-state index contributed by atoms with van der Waals surface area (Å²) in [7, 11) is 0. The standard InChI is InChI=1S/C13H25NO2S2/c1-3-5-9-14(10-6-4-2)13(17)18-11-7-8-12(15)16/h3-11H2,1-2H3,(H,15,16). The maximum atomic E-state index is 10.4. The number of thioether (sulfide) groups is 1. The topological polar surface area (TPSA) is 40.5 Å². The number of carboxylic acid groups (broad SMARTS) is 1. The molecule has 0 aromatic heterocycles. The number of nitrogens with zero attached hydrogens (tertiary/aromatic N) is 1. The van der Waals surface area contributed by atoms with Crippen LogP contribution in [-0.4, -0.2) is 39.1 Å². The molecule has 0 aliphatic rings. The molecule has 0 saturated carbocycles. The molecule has 0 radical (unpaired) electrons. The molecule has 0 heterocycles. The van der Waals surface area contributed by atoms with E-state index in [0.717, 1.165) is 23.2 Å². The molecule has 0 aromatic carbocycles. The maximum absolute atomic E-state index is 10.4. The summed E-state index contributed by atoms with van der Waals surface area (Å²) >= 11 is 7.04. The summed E-state index contributed by atoms with van der Waals surface area (Å²) in [5.41, 5.74) is 0. The largest absolute Gasteiger partial charge is 0.481 e. The molecule has 0 bridgehead atoms. The van der Waals surface area contributed by atoms with Crippen LogP contribution < -0.4 is 0 Å². The van der Waals surface area contributed by atoms with Crippen LogP contribution in [0.5, 0.6) is 0 Å². The molecule has 0 aliphatic carbocycles. The molecule has 0 spiro atoms. The minimum absolute atomic E-state index is 0.236. The van der Waals surface area contributed by atoms with Crippen molar-refractivity contribution in [1.82, 2.24) is 4.90 Å². The molecule has 0 rings (SSSR count). The van der Waals surface area contributed by atoms with Crippen molar-refractivity contribution in [3.8, 4) is 0 Å². The van der Waals surface area contributed by atoms with Gasteiger partial charge < -0.3 is 10.0 Å². The number of carboxylic acids is 1. The van der Waals surface area contributed by atoms with Crippen molar-refractivity contribution >= 4 is 34.3 Å². The van der Waals surface area contributed by atoms with E-state index in [9.17, 15) is 4.79 Å². The molecule has 0 aromatic rings. The highest BCUT2D eigenvalue weighted by Crippen LogP contribution is 2.13. The number of aliphatic carboxylic acids is 1. The summed E-state index contributed by atoms with van der Waals surface area (Å²) in [6, 6.07) is 0. The Labute approximate surface area is 120 Å². The van der Waals surface area contributed by atoms with Crippen LogP contribution in [-0.2, 0) is 4.79 Å². The molecular weight excluding hydrogens is 266 g/mol. The smallest absolute Gasteiger partial charge is 0.303 e. The third kappa shape index (κ3) is 9.71. The van der Waals surface area contributed by atoms with Crippen molar-refractivity contribution in [2.75, 3.05) is 18.8 Å². The van der Waals surface area contributed by atoms with Crippen LogP contribution in [0, 0.1) is 0 Å². The average Bonchev–Trinajstić information content (AvgIpc) is 2.34. The van der Waals surface area contributed by atoms with Gasteiger partial charge in [0.2, 0.25) is 0 Å². The second-order valence-corrected chi connectivity index (χ2v) is 6.03. The van der Waals surface area contributed by atoms with Crippen molar-refractivity contribution in [1.29, 1.82) is 0 Å². The summed E-state index contributed by atoms with van der Waals surface area (Å²) in [4.78, 5) is 12.7. The predicted molar refractivity (Wildman–Crippen MR) is 83.3 cm³/mol. The molecule has 0 fully saturated rings. The third-order valence-corrected chi connectivity index (χ3v) is 4.19. The first kappa shape index (κ1) is 17.7. The highest BCUT2D eigenvalue weighted by atomic mass is 32.2. The van der Waals surface area contributed by atoms with Crippen LogP contribution >= 0.6 is 24.0 Å². The van der Waals surface area contributed by atoms with Crippen LogP contribution in [0.3, 0.4) is 0 Å². The van der Waals surface area contributed by atoms with Gasteiger partial charge in [-0.25, -0.2) is 0 Å². The molecule has 0 unspecified atom stereocenters. The molecule has 5 heteroatoms. The van der Waals surface area contributed by atoms with Crippen molar-refractivity contribution in [3.63, 3.8) is 0 Å². The van der Waals surface area contributed by atoms with Gasteiger partial charge in [-0.2, -0.15) is 0 Å². The van der Waals surface area contributed by atoms with Gasteiger partial charge in [-0.3, -0.25) is 4.79 Å². The van der Waals surface area contributed by atoms with Gasteiger partial charge in [-0.1, -0.05) is 50.7 Å². The van der Waals surface area contributed by atoms with Gasteiger partial charge in [0.05, 0.1) is 0 Å². The SMILES string of the molecule is CCCCN(CCCC)C(=S)SCCCC(=O)O. The Morgan fingerprint density at radius 2 is 1.72 bits per heavy atom. The van der Waals surface area contributed by atoms with E-state index in [4.69, 9.17) is 17.3 Å². The number of hydrogen-bond donors (Lipinski definition) is 1. The zero-order valence-electron chi connectivity index (χ0n) is 11.5. The minimum atomic E-state index is -0.727. The van der Waals surface area contributed by atoms with Gasteiger partial charge in [0.25, 0.3) is 0 Å². The van der Waals surface area contributed by atoms with E-state index < -0.39 is 5.97 Å². The number of unbranched alkanes of at least 4 members (excludes halogenated alkanes) is 2. The normalized spacial score (nSPS) is 10.3. The lowest BCUT2D eigenvalue weighted by atomic mass is 10.3. The summed E-state index contributed by atoms with van der Waals surface area (Å²) in [5.74, 6) is 0.0789. The Morgan fingerprint density at radius 3 is 2.17 bits per heavy atom. The molecule has 0 amide bonds. The number of rotatable bonds is 10. The first-order chi connectivity index (χ1) is 8.61. The van der Waals surface area contributed by atoms with Crippen LogP contribution in [0.15, 0.2) is 0 Å². The minimum Gasteiger partial charge on any atom is -0.481 e. The molecule has 18 heavy (non-hydrogen) atoms. The molecule has 0 saturated heterocycles. The summed E-state index contributed by atoms with van der Waals surface area (Å²) < 4.78 is 0.933. The van der Waals surface area contributed by atoms with E-state index in [-0.39, 0.29) is 6.42 Å². The van der Waals surface area contributed by atoms with E-state index >= 15 is 0 Å². The lowest BCUT2D eigenvalue weighted by Crippen LogP contribution is -2.29. The van der Waals surface area contributed by atoms with Crippen LogP contribution in [0.25, 0.3) is 0 Å². The number of carbonyl (C=O) groups is 1. The van der Waals surface area contributed by atoms with Gasteiger partial charge >= 0.3 is 5.97 Å². The van der Waals surface area contributed by atoms with Crippen LogP contribution in [0.4, 0.5) is 0 Å². The average molecular weight is 291 g/mol. The highest BCUT2D eigenvalue weighted by Gasteiger charge is 2.09. The quantitative estimate of drug-likeness (QED) is 0.490. The van der Waals surface area contributed by atoms with Crippen molar-refractivity contribution < 1.29 is 9.90 Å².